The second-order valence-electron chi connectivity index (χ2n) is 5.64. The summed E-state index contributed by atoms with van der Waals surface area (Å²) < 4.78 is 50.3. The van der Waals surface area contributed by atoms with Crippen LogP contribution in [0.15, 0.2) is 16.5 Å². The van der Waals surface area contributed by atoms with E-state index in [-0.39, 0.29) is 23.1 Å². The fraction of sp³-hybridized carbons (Fsp3) is 0.533. The Bertz CT molecular complexity index is 681. The summed E-state index contributed by atoms with van der Waals surface area (Å²) in [7, 11) is 0. The van der Waals surface area contributed by atoms with Crippen LogP contribution in [-0.2, 0) is 17.5 Å². The summed E-state index contributed by atoms with van der Waals surface area (Å²) in [4.78, 5) is 6.13. The topological polar surface area (TPSA) is 38.5 Å². The molecule has 0 radical (unpaired) electrons. The van der Waals surface area contributed by atoms with E-state index < -0.39 is 11.7 Å². The third-order valence-electron chi connectivity index (χ3n) is 3.69. The predicted molar refractivity (Wildman–Crippen MR) is 74.4 cm³/mol. The Kier molecular flexibility index (Phi) is 3.86. The first-order valence-corrected chi connectivity index (χ1v) is 7.14. The zero-order chi connectivity index (χ0) is 15.9. The van der Waals surface area contributed by atoms with E-state index >= 15 is 0 Å². The maximum Gasteiger partial charge on any atom is 0.420 e. The monoisotopic (exact) mass is 314 g/mol. The minimum Gasteiger partial charge on any atom is -0.440 e. The third-order valence-corrected chi connectivity index (χ3v) is 3.69. The van der Waals surface area contributed by atoms with Gasteiger partial charge in [-0.1, -0.05) is 0 Å². The van der Waals surface area contributed by atoms with E-state index in [0.717, 1.165) is 6.07 Å². The van der Waals surface area contributed by atoms with Gasteiger partial charge in [-0.25, -0.2) is 4.98 Å². The number of morpholine rings is 1. The molecule has 0 spiro atoms. The normalized spacial score (nSPS) is 20.7. The van der Waals surface area contributed by atoms with Gasteiger partial charge in [-0.3, -0.25) is 4.90 Å². The van der Waals surface area contributed by atoms with Gasteiger partial charge in [0.25, 0.3) is 0 Å². The van der Waals surface area contributed by atoms with Crippen LogP contribution >= 0.6 is 0 Å². The van der Waals surface area contributed by atoms with Gasteiger partial charge in [0.15, 0.2) is 11.5 Å². The van der Waals surface area contributed by atoms with Crippen LogP contribution in [0.1, 0.15) is 23.9 Å². The van der Waals surface area contributed by atoms with Crippen LogP contribution in [0.5, 0.6) is 0 Å². The number of nitrogens with zero attached hydrogens (tertiary/aromatic N) is 2. The molecule has 0 bridgehead atoms. The van der Waals surface area contributed by atoms with Gasteiger partial charge in [-0.15, -0.1) is 0 Å². The van der Waals surface area contributed by atoms with Crippen LogP contribution in [-0.4, -0.2) is 35.7 Å². The molecule has 1 unspecified atom stereocenters. The number of aryl methyl sites for hydroxylation is 1. The van der Waals surface area contributed by atoms with Crippen molar-refractivity contribution in [3.05, 3.63) is 29.2 Å². The van der Waals surface area contributed by atoms with Crippen molar-refractivity contribution in [1.82, 2.24) is 9.88 Å². The molecule has 3 rings (SSSR count). The fourth-order valence-electron chi connectivity index (χ4n) is 2.80. The van der Waals surface area contributed by atoms with E-state index in [1.54, 1.807) is 13.0 Å². The van der Waals surface area contributed by atoms with E-state index in [1.807, 2.05) is 6.92 Å². The maximum atomic E-state index is 13.2. The Balaban J connectivity index is 1.96. The number of hydrogen-bond donors (Lipinski definition) is 0. The molecule has 1 aliphatic heterocycles. The lowest BCUT2D eigenvalue weighted by atomic mass is 10.1. The van der Waals surface area contributed by atoms with Crippen LogP contribution in [0.3, 0.4) is 0 Å². The highest BCUT2D eigenvalue weighted by atomic mass is 19.4. The molecule has 1 atom stereocenters. The molecule has 7 heteroatoms. The van der Waals surface area contributed by atoms with E-state index in [1.165, 1.54) is 0 Å². The van der Waals surface area contributed by atoms with Crippen LogP contribution < -0.4 is 0 Å². The molecule has 0 aliphatic carbocycles. The molecule has 2 aromatic rings. The summed E-state index contributed by atoms with van der Waals surface area (Å²) in [6.07, 6.45) is -4.37. The number of aromatic nitrogens is 1. The third kappa shape index (κ3) is 3.10. The molecule has 22 heavy (non-hydrogen) atoms. The number of fused-ring (bicyclic) bond motifs is 1. The number of benzene rings is 1. The summed E-state index contributed by atoms with van der Waals surface area (Å²) in [5.41, 5.74) is -0.114. The standard InChI is InChI=1S/C15H17F3N2O2/c1-9-7-20(3-4-21-9)8-11-5-12(15(16,17)18)14-13(6-11)19-10(2)22-14/h5-6,9H,3-4,7-8H2,1-2H3. The van der Waals surface area contributed by atoms with Gasteiger partial charge in [0.05, 0.1) is 12.7 Å². The number of alkyl halides is 3. The molecule has 0 saturated carbocycles. The Morgan fingerprint density at radius 1 is 1.36 bits per heavy atom. The number of halogens is 3. The average molecular weight is 314 g/mol. The molecule has 0 amide bonds. The van der Waals surface area contributed by atoms with Crippen LogP contribution in [0.4, 0.5) is 13.2 Å². The number of ether oxygens (including phenoxy) is 1. The molecule has 1 fully saturated rings. The molecule has 1 saturated heterocycles. The van der Waals surface area contributed by atoms with Gasteiger partial charge < -0.3 is 9.15 Å². The van der Waals surface area contributed by atoms with E-state index in [2.05, 4.69) is 9.88 Å². The Hall–Kier alpha value is -1.60. The molecule has 0 N–H and O–H groups in total. The van der Waals surface area contributed by atoms with Crippen molar-refractivity contribution in [2.75, 3.05) is 19.7 Å². The highest BCUT2D eigenvalue weighted by Gasteiger charge is 2.35. The van der Waals surface area contributed by atoms with Gasteiger partial charge in [-0.05, 0) is 24.6 Å². The Labute approximate surface area is 125 Å². The first kappa shape index (κ1) is 15.3. The van der Waals surface area contributed by atoms with Crippen molar-refractivity contribution >= 4 is 11.1 Å². The van der Waals surface area contributed by atoms with Gasteiger partial charge in [-0.2, -0.15) is 13.2 Å². The van der Waals surface area contributed by atoms with E-state index in [9.17, 15) is 13.2 Å². The lowest BCUT2D eigenvalue weighted by Gasteiger charge is -2.31. The summed E-state index contributed by atoms with van der Waals surface area (Å²) in [5.74, 6) is 0.234. The van der Waals surface area contributed by atoms with E-state index in [0.29, 0.717) is 31.8 Å². The van der Waals surface area contributed by atoms with Gasteiger partial charge >= 0.3 is 6.18 Å². The van der Waals surface area contributed by atoms with Crippen molar-refractivity contribution < 1.29 is 22.3 Å². The highest BCUT2D eigenvalue weighted by Crippen LogP contribution is 2.36. The number of rotatable bonds is 2. The highest BCUT2D eigenvalue weighted by molar-refractivity contribution is 5.78. The van der Waals surface area contributed by atoms with Crippen molar-refractivity contribution in [2.24, 2.45) is 0 Å². The molecule has 120 valence electrons. The van der Waals surface area contributed by atoms with Crippen LogP contribution in [0, 0.1) is 6.92 Å². The van der Waals surface area contributed by atoms with Crippen molar-refractivity contribution in [1.29, 1.82) is 0 Å². The lowest BCUT2D eigenvalue weighted by Crippen LogP contribution is -2.40. The molecular formula is C15H17F3N2O2. The minimum atomic E-state index is -4.46. The SMILES string of the molecule is Cc1nc2cc(CN3CCOC(C)C3)cc(C(F)(F)F)c2o1. The summed E-state index contributed by atoms with van der Waals surface area (Å²) in [6, 6.07) is 2.83. The van der Waals surface area contributed by atoms with Gasteiger partial charge in [0.1, 0.15) is 11.1 Å². The molecule has 2 heterocycles. The summed E-state index contributed by atoms with van der Waals surface area (Å²) >= 11 is 0. The number of oxazole rings is 1. The van der Waals surface area contributed by atoms with Gasteiger partial charge in [0.2, 0.25) is 0 Å². The summed E-state index contributed by atoms with van der Waals surface area (Å²) in [5, 5.41) is 0. The fourth-order valence-corrected chi connectivity index (χ4v) is 2.80. The molecule has 1 aromatic carbocycles. The smallest absolute Gasteiger partial charge is 0.420 e. The molecular weight excluding hydrogens is 297 g/mol. The zero-order valence-electron chi connectivity index (χ0n) is 12.4. The predicted octanol–water partition coefficient (Wildman–Crippen LogP) is 3.38. The van der Waals surface area contributed by atoms with Crippen LogP contribution in [0.2, 0.25) is 0 Å². The minimum absolute atomic E-state index is 0.0915. The maximum absolute atomic E-state index is 13.2. The van der Waals surface area contributed by atoms with Crippen molar-refractivity contribution in [2.45, 2.75) is 32.7 Å². The quantitative estimate of drug-likeness (QED) is 0.852. The van der Waals surface area contributed by atoms with Crippen molar-refractivity contribution in [3.8, 4) is 0 Å². The Morgan fingerprint density at radius 2 is 2.14 bits per heavy atom. The molecule has 1 aromatic heterocycles. The Morgan fingerprint density at radius 3 is 2.82 bits per heavy atom. The largest absolute Gasteiger partial charge is 0.440 e. The first-order valence-electron chi connectivity index (χ1n) is 7.14. The summed E-state index contributed by atoms with van der Waals surface area (Å²) in [6.45, 7) is 5.96. The van der Waals surface area contributed by atoms with Gasteiger partial charge in [0, 0.05) is 26.6 Å². The average Bonchev–Trinajstić information content (AvgIpc) is 2.76. The second kappa shape index (κ2) is 5.55. The van der Waals surface area contributed by atoms with Crippen molar-refractivity contribution in [3.63, 3.8) is 0 Å². The zero-order valence-corrected chi connectivity index (χ0v) is 12.4. The second-order valence-corrected chi connectivity index (χ2v) is 5.64. The van der Waals surface area contributed by atoms with E-state index in [4.69, 9.17) is 9.15 Å². The number of hydrogen-bond acceptors (Lipinski definition) is 4. The molecule has 1 aliphatic rings. The van der Waals surface area contributed by atoms with Crippen LogP contribution in [0.25, 0.3) is 11.1 Å². The molecule has 4 nitrogen and oxygen atoms in total. The lowest BCUT2D eigenvalue weighted by molar-refractivity contribution is -0.136. The first-order chi connectivity index (χ1) is 10.3.